The number of hydrazine groups is 1. The van der Waals surface area contributed by atoms with E-state index in [1.54, 1.807) is 5.01 Å². The van der Waals surface area contributed by atoms with Gasteiger partial charge in [-0.1, -0.05) is 29.6 Å². The van der Waals surface area contributed by atoms with Crippen molar-refractivity contribution in [2.24, 2.45) is 0 Å². The van der Waals surface area contributed by atoms with Crippen LogP contribution in [0.2, 0.25) is 10.0 Å². The van der Waals surface area contributed by atoms with Gasteiger partial charge in [0.15, 0.2) is 5.75 Å². The van der Waals surface area contributed by atoms with Crippen molar-refractivity contribution in [1.29, 1.82) is 0 Å². The Morgan fingerprint density at radius 1 is 1.06 bits per heavy atom. The van der Waals surface area contributed by atoms with Gasteiger partial charge in [0, 0.05) is 19.2 Å². The summed E-state index contributed by atoms with van der Waals surface area (Å²) < 4.78 is 42.3. The van der Waals surface area contributed by atoms with Gasteiger partial charge < -0.3 is 19.6 Å². The zero-order valence-corrected chi connectivity index (χ0v) is 19.4. The smallest absolute Gasteiger partial charge is 0.329 e. The van der Waals surface area contributed by atoms with Crippen LogP contribution in [-0.4, -0.2) is 41.4 Å². The molecule has 3 rings (SSSR count). The van der Waals surface area contributed by atoms with Crippen LogP contribution in [0.25, 0.3) is 0 Å². The maximum absolute atomic E-state index is 12.7. The molecule has 0 atom stereocenters. The first kappa shape index (κ1) is 24.3. The van der Waals surface area contributed by atoms with E-state index in [2.05, 4.69) is 4.83 Å². The molecule has 0 unspecified atom stereocenters. The lowest BCUT2D eigenvalue weighted by molar-refractivity contribution is 0.199. The molecule has 0 bridgehead atoms. The summed E-state index contributed by atoms with van der Waals surface area (Å²) in [5.74, 6) is -0.426. The largest absolute Gasteiger partial charge is 0.507 e. The van der Waals surface area contributed by atoms with Crippen LogP contribution in [0.3, 0.4) is 0 Å². The Labute approximate surface area is 189 Å². The molecule has 170 valence electrons. The Morgan fingerprint density at radius 3 is 2.26 bits per heavy atom. The molecule has 31 heavy (non-hydrogen) atoms. The Hall–Kier alpha value is -1.36. The third kappa shape index (κ3) is 6.57. The van der Waals surface area contributed by atoms with Crippen molar-refractivity contribution in [3.05, 3.63) is 45.9 Å². The fraction of sp³-hybridized carbons (Fsp3) is 0.333. The van der Waals surface area contributed by atoms with Crippen molar-refractivity contribution >= 4 is 40.8 Å². The van der Waals surface area contributed by atoms with E-state index in [1.165, 1.54) is 24.3 Å². The van der Waals surface area contributed by atoms with E-state index in [0.29, 0.717) is 13.1 Å². The number of nitrogens with zero attached hydrogens (tertiary/aromatic N) is 1. The molecule has 1 saturated heterocycles. The summed E-state index contributed by atoms with van der Waals surface area (Å²) in [5, 5.41) is 11.7. The quantitative estimate of drug-likeness (QED) is 0.412. The third-order valence-electron chi connectivity index (χ3n) is 4.49. The summed E-state index contributed by atoms with van der Waals surface area (Å²) in [5.41, 5.74) is 0.218. The second kappa shape index (κ2) is 9.64. The first-order valence-electron chi connectivity index (χ1n) is 9.25. The second-order valence-corrected chi connectivity index (χ2v) is 11.2. The van der Waals surface area contributed by atoms with Gasteiger partial charge in [0.2, 0.25) is 0 Å². The highest BCUT2D eigenvalue weighted by Crippen LogP contribution is 2.44. The number of halogens is 2. The molecular formula is C18H21Cl2N2O7PS. The molecule has 2 aromatic carbocycles. The Bertz CT molecular complexity index is 1090. The van der Waals surface area contributed by atoms with Gasteiger partial charge >= 0.3 is 7.60 Å². The van der Waals surface area contributed by atoms with Gasteiger partial charge in [0.25, 0.3) is 10.0 Å². The van der Waals surface area contributed by atoms with Gasteiger partial charge in [-0.15, -0.1) is 4.83 Å². The molecule has 1 aliphatic rings. The number of nitrogens with one attached hydrogen (secondary N) is 1. The van der Waals surface area contributed by atoms with Crippen LogP contribution in [0.4, 0.5) is 0 Å². The van der Waals surface area contributed by atoms with Gasteiger partial charge in [-0.25, -0.2) is 13.4 Å². The summed E-state index contributed by atoms with van der Waals surface area (Å²) in [4.78, 5) is 20.3. The fourth-order valence-electron chi connectivity index (χ4n) is 3.13. The number of piperidine rings is 1. The van der Waals surface area contributed by atoms with Gasteiger partial charge in [0.05, 0.1) is 16.2 Å². The topological polar surface area (TPSA) is 136 Å². The highest BCUT2D eigenvalue weighted by Gasteiger charge is 2.24. The summed E-state index contributed by atoms with van der Waals surface area (Å²) in [6, 6.07) is 6.25. The van der Waals surface area contributed by atoms with Crippen molar-refractivity contribution in [1.82, 2.24) is 9.84 Å². The minimum Gasteiger partial charge on any atom is -0.507 e. The monoisotopic (exact) mass is 510 g/mol. The molecule has 0 saturated carbocycles. The number of ether oxygens (including phenoxy) is 1. The van der Waals surface area contributed by atoms with Crippen LogP contribution in [0.5, 0.6) is 17.2 Å². The lowest BCUT2D eigenvalue weighted by atomic mass is 10.2. The third-order valence-corrected chi connectivity index (χ3v) is 7.24. The number of rotatable bonds is 7. The predicted molar refractivity (Wildman–Crippen MR) is 116 cm³/mol. The Balaban J connectivity index is 1.86. The molecule has 0 aromatic heterocycles. The average Bonchev–Trinajstić information content (AvgIpc) is 2.65. The molecule has 1 heterocycles. The lowest BCUT2D eigenvalue weighted by Crippen LogP contribution is -2.44. The van der Waals surface area contributed by atoms with E-state index in [9.17, 15) is 18.1 Å². The number of hydrogen-bond donors (Lipinski definition) is 4. The summed E-state index contributed by atoms with van der Waals surface area (Å²) in [7, 11) is -8.38. The number of phenols is 1. The number of phenolic OH excluding ortho intramolecular Hbond substituents is 1. The van der Waals surface area contributed by atoms with E-state index in [-0.39, 0.29) is 32.0 Å². The zero-order valence-electron chi connectivity index (χ0n) is 16.2. The van der Waals surface area contributed by atoms with Crippen LogP contribution in [0.1, 0.15) is 24.8 Å². The van der Waals surface area contributed by atoms with Crippen LogP contribution in [0, 0.1) is 0 Å². The molecule has 0 aliphatic carbocycles. The first-order chi connectivity index (χ1) is 14.4. The molecule has 0 spiro atoms. The van der Waals surface area contributed by atoms with E-state index < -0.39 is 29.5 Å². The van der Waals surface area contributed by atoms with Crippen molar-refractivity contribution in [2.45, 2.75) is 30.3 Å². The molecule has 0 radical (unpaired) electrons. The number of aromatic hydroxyl groups is 1. The minimum absolute atomic E-state index is 0.0140. The highest BCUT2D eigenvalue weighted by molar-refractivity contribution is 7.89. The molecule has 1 aliphatic heterocycles. The van der Waals surface area contributed by atoms with Crippen molar-refractivity contribution in [2.75, 3.05) is 13.1 Å². The van der Waals surface area contributed by atoms with Gasteiger partial charge in [-0.3, -0.25) is 4.57 Å². The fourth-order valence-corrected chi connectivity index (χ4v) is 5.64. The van der Waals surface area contributed by atoms with Gasteiger partial charge in [-0.2, -0.15) is 0 Å². The maximum atomic E-state index is 12.7. The average molecular weight is 511 g/mol. The van der Waals surface area contributed by atoms with Crippen LogP contribution in [0.15, 0.2) is 35.2 Å². The first-order valence-corrected chi connectivity index (χ1v) is 13.3. The van der Waals surface area contributed by atoms with Gasteiger partial charge in [0.1, 0.15) is 16.4 Å². The second-order valence-electron chi connectivity index (χ2n) is 7.09. The summed E-state index contributed by atoms with van der Waals surface area (Å²) >= 11 is 12.3. The number of sulfonamides is 1. The Morgan fingerprint density at radius 2 is 1.68 bits per heavy atom. The molecule has 9 nitrogen and oxygen atoms in total. The van der Waals surface area contributed by atoms with Gasteiger partial charge in [-0.05, 0) is 42.7 Å². The van der Waals surface area contributed by atoms with E-state index in [0.717, 1.165) is 25.3 Å². The standard InChI is InChI=1S/C18H21Cl2N2O7PS/c19-14-8-12(11-30(24,25)26)9-15(20)18(14)29-13-4-5-16(23)17(10-13)31(27,28)21-22-6-2-1-3-7-22/h4-5,8-10,21,23H,1-3,6-7,11H2,(H2,24,25,26). The molecule has 1 fully saturated rings. The summed E-state index contributed by atoms with van der Waals surface area (Å²) in [6.45, 7) is 1.14. The Kier molecular flexibility index (Phi) is 7.55. The van der Waals surface area contributed by atoms with Crippen molar-refractivity contribution < 1.29 is 32.6 Å². The molecule has 2 aromatic rings. The molecule has 0 amide bonds. The minimum atomic E-state index is -4.32. The predicted octanol–water partition coefficient (Wildman–Crippen LogP) is 3.85. The van der Waals surface area contributed by atoms with Crippen molar-refractivity contribution in [3.8, 4) is 17.2 Å². The van der Waals surface area contributed by atoms with Crippen molar-refractivity contribution in [3.63, 3.8) is 0 Å². The zero-order chi connectivity index (χ0) is 22.8. The molecule has 4 N–H and O–H groups in total. The number of hydrogen-bond acceptors (Lipinski definition) is 6. The van der Waals surface area contributed by atoms with Crippen LogP contribution >= 0.6 is 30.8 Å². The lowest BCUT2D eigenvalue weighted by Gasteiger charge is -2.26. The van der Waals surface area contributed by atoms with E-state index in [4.69, 9.17) is 37.7 Å². The van der Waals surface area contributed by atoms with Crippen LogP contribution in [-0.2, 0) is 20.8 Å². The highest BCUT2D eigenvalue weighted by atomic mass is 35.5. The van der Waals surface area contributed by atoms with E-state index in [1.807, 2.05) is 0 Å². The van der Waals surface area contributed by atoms with E-state index >= 15 is 0 Å². The number of benzene rings is 2. The van der Waals surface area contributed by atoms with Crippen LogP contribution < -0.4 is 9.57 Å². The maximum Gasteiger partial charge on any atom is 0.329 e. The molecule has 13 heteroatoms. The normalized spacial score (nSPS) is 15.7. The molecular weight excluding hydrogens is 490 g/mol. The summed E-state index contributed by atoms with van der Waals surface area (Å²) in [6.07, 6.45) is 2.22. The SMILES string of the molecule is O=P(O)(O)Cc1cc(Cl)c(Oc2ccc(O)c(S(=O)(=O)NN3CCCCC3)c2)c(Cl)c1.